The molecule has 0 amide bonds. The molecule has 0 aliphatic heterocycles. The second-order valence-electron chi connectivity index (χ2n) is 5.38. The number of aliphatic hydroxyl groups excluding tert-OH is 1. The van der Waals surface area contributed by atoms with E-state index in [0.29, 0.717) is 12.0 Å². The number of unbranched alkanes of at least 4 members (excludes halogenated alkanes) is 1. The summed E-state index contributed by atoms with van der Waals surface area (Å²) in [5.74, 6) is 0.826. The number of hydrogen-bond donors (Lipinski definition) is 1. The molecule has 0 aromatic heterocycles. The van der Waals surface area contributed by atoms with Crippen molar-refractivity contribution in [1.29, 1.82) is 0 Å². The molecule has 0 radical (unpaired) electrons. The van der Waals surface area contributed by atoms with Crippen LogP contribution in [0.4, 0.5) is 0 Å². The van der Waals surface area contributed by atoms with Gasteiger partial charge < -0.3 is 5.11 Å². The lowest BCUT2D eigenvalue weighted by Gasteiger charge is -2.24. The Balaban J connectivity index is 3.48. The average molecular weight is 200 g/mol. The van der Waals surface area contributed by atoms with Crippen molar-refractivity contribution in [2.24, 2.45) is 11.3 Å². The smallest absolute Gasteiger partial charge is 0.0431 e. The Morgan fingerprint density at radius 2 is 1.79 bits per heavy atom. The first-order valence-corrected chi connectivity index (χ1v) is 6.12. The van der Waals surface area contributed by atoms with Crippen LogP contribution < -0.4 is 0 Å². The second kappa shape index (κ2) is 7.28. The van der Waals surface area contributed by atoms with Crippen LogP contribution in [0.25, 0.3) is 0 Å². The Bertz CT molecular complexity index is 129. The molecule has 1 N–H and O–H groups in total. The minimum absolute atomic E-state index is 0.354. The SMILES string of the molecule is CCC(C)(C)CCC(C)CCCCO. The van der Waals surface area contributed by atoms with Gasteiger partial charge in [0.1, 0.15) is 0 Å². The van der Waals surface area contributed by atoms with Crippen molar-refractivity contribution in [3.63, 3.8) is 0 Å². The van der Waals surface area contributed by atoms with E-state index in [4.69, 9.17) is 5.11 Å². The summed E-state index contributed by atoms with van der Waals surface area (Å²) in [5, 5.41) is 8.68. The summed E-state index contributed by atoms with van der Waals surface area (Å²) >= 11 is 0. The molecule has 1 nitrogen and oxygen atoms in total. The summed E-state index contributed by atoms with van der Waals surface area (Å²) in [5.41, 5.74) is 0.519. The van der Waals surface area contributed by atoms with Crippen LogP contribution in [0.15, 0.2) is 0 Å². The highest BCUT2D eigenvalue weighted by Crippen LogP contribution is 2.29. The van der Waals surface area contributed by atoms with Gasteiger partial charge in [0.15, 0.2) is 0 Å². The van der Waals surface area contributed by atoms with E-state index in [1.54, 1.807) is 0 Å². The molecule has 1 atom stereocenters. The molecule has 0 saturated carbocycles. The molecule has 0 aliphatic carbocycles. The van der Waals surface area contributed by atoms with Gasteiger partial charge in [-0.25, -0.2) is 0 Å². The minimum Gasteiger partial charge on any atom is -0.396 e. The van der Waals surface area contributed by atoms with E-state index in [0.717, 1.165) is 12.3 Å². The zero-order valence-electron chi connectivity index (χ0n) is 10.5. The van der Waals surface area contributed by atoms with E-state index < -0.39 is 0 Å². The molecule has 0 fully saturated rings. The normalized spacial score (nSPS) is 14.4. The van der Waals surface area contributed by atoms with E-state index in [-0.39, 0.29) is 0 Å². The van der Waals surface area contributed by atoms with E-state index in [1.807, 2.05) is 0 Å². The Hall–Kier alpha value is -0.0400. The fourth-order valence-electron chi connectivity index (χ4n) is 1.56. The third-order valence-electron chi connectivity index (χ3n) is 3.38. The van der Waals surface area contributed by atoms with Crippen molar-refractivity contribution in [1.82, 2.24) is 0 Å². The molecule has 0 spiro atoms. The highest BCUT2D eigenvalue weighted by Gasteiger charge is 2.15. The molecule has 0 rings (SSSR count). The minimum atomic E-state index is 0.354. The van der Waals surface area contributed by atoms with Crippen molar-refractivity contribution in [2.75, 3.05) is 6.61 Å². The first-order chi connectivity index (χ1) is 6.52. The topological polar surface area (TPSA) is 20.2 Å². The van der Waals surface area contributed by atoms with Crippen molar-refractivity contribution < 1.29 is 5.11 Å². The quantitative estimate of drug-likeness (QED) is 0.587. The molecular formula is C13H28O. The average Bonchev–Trinajstić information content (AvgIpc) is 2.16. The molecule has 0 aliphatic rings. The van der Waals surface area contributed by atoms with Crippen LogP contribution >= 0.6 is 0 Å². The van der Waals surface area contributed by atoms with Gasteiger partial charge in [-0.3, -0.25) is 0 Å². The maximum atomic E-state index is 8.68. The first-order valence-electron chi connectivity index (χ1n) is 6.12. The van der Waals surface area contributed by atoms with Gasteiger partial charge in [0.25, 0.3) is 0 Å². The van der Waals surface area contributed by atoms with Gasteiger partial charge in [-0.1, -0.05) is 53.4 Å². The van der Waals surface area contributed by atoms with Crippen molar-refractivity contribution in [3.8, 4) is 0 Å². The predicted octanol–water partition coefficient (Wildman–Crippen LogP) is 4.00. The second-order valence-corrected chi connectivity index (χ2v) is 5.38. The van der Waals surface area contributed by atoms with Gasteiger partial charge in [0.2, 0.25) is 0 Å². The molecular weight excluding hydrogens is 172 g/mol. The van der Waals surface area contributed by atoms with Gasteiger partial charge in [0.05, 0.1) is 0 Å². The van der Waals surface area contributed by atoms with Crippen LogP contribution in [0.1, 0.15) is 66.2 Å². The van der Waals surface area contributed by atoms with Gasteiger partial charge in [-0.2, -0.15) is 0 Å². The summed E-state index contributed by atoms with van der Waals surface area (Å²) in [6, 6.07) is 0. The number of rotatable bonds is 8. The van der Waals surface area contributed by atoms with E-state index in [2.05, 4.69) is 27.7 Å². The van der Waals surface area contributed by atoms with Crippen LogP contribution in [0.3, 0.4) is 0 Å². The van der Waals surface area contributed by atoms with Gasteiger partial charge in [-0.15, -0.1) is 0 Å². The molecule has 0 aromatic carbocycles. The van der Waals surface area contributed by atoms with Crippen LogP contribution in [0, 0.1) is 11.3 Å². The number of hydrogen-bond acceptors (Lipinski definition) is 1. The lowest BCUT2D eigenvalue weighted by molar-refractivity contribution is 0.263. The Kier molecular flexibility index (Phi) is 7.26. The van der Waals surface area contributed by atoms with Crippen molar-refractivity contribution in [2.45, 2.75) is 66.2 Å². The lowest BCUT2D eigenvalue weighted by atomic mass is 9.82. The molecule has 0 aromatic rings. The highest BCUT2D eigenvalue weighted by molar-refractivity contribution is 4.68. The van der Waals surface area contributed by atoms with Gasteiger partial charge in [-0.05, 0) is 24.2 Å². The van der Waals surface area contributed by atoms with Gasteiger partial charge in [0, 0.05) is 6.61 Å². The zero-order chi connectivity index (χ0) is 11.0. The van der Waals surface area contributed by atoms with Crippen LogP contribution in [-0.4, -0.2) is 11.7 Å². The maximum absolute atomic E-state index is 8.68. The Morgan fingerprint density at radius 1 is 1.14 bits per heavy atom. The van der Waals surface area contributed by atoms with Crippen LogP contribution in [0.5, 0.6) is 0 Å². The lowest BCUT2D eigenvalue weighted by Crippen LogP contribution is -2.11. The summed E-state index contributed by atoms with van der Waals surface area (Å²) < 4.78 is 0. The molecule has 0 bridgehead atoms. The van der Waals surface area contributed by atoms with Gasteiger partial charge >= 0.3 is 0 Å². The highest BCUT2D eigenvalue weighted by atomic mass is 16.2. The largest absolute Gasteiger partial charge is 0.396 e. The molecule has 0 saturated heterocycles. The van der Waals surface area contributed by atoms with E-state index in [9.17, 15) is 0 Å². The molecule has 0 heterocycles. The monoisotopic (exact) mass is 200 g/mol. The molecule has 1 unspecified atom stereocenters. The van der Waals surface area contributed by atoms with E-state index >= 15 is 0 Å². The third-order valence-corrected chi connectivity index (χ3v) is 3.38. The summed E-state index contributed by atoms with van der Waals surface area (Å²) in [6.45, 7) is 9.67. The standard InChI is InChI=1S/C13H28O/c1-5-13(3,4)10-9-12(2)8-6-7-11-14/h12,14H,5-11H2,1-4H3. The van der Waals surface area contributed by atoms with Crippen LogP contribution in [0.2, 0.25) is 0 Å². The Labute approximate surface area is 89.9 Å². The molecule has 1 heteroatoms. The molecule has 86 valence electrons. The first kappa shape index (κ1) is 14.0. The summed E-state index contributed by atoms with van der Waals surface area (Å²) in [4.78, 5) is 0. The summed E-state index contributed by atoms with van der Waals surface area (Å²) in [7, 11) is 0. The maximum Gasteiger partial charge on any atom is 0.0431 e. The molecule has 14 heavy (non-hydrogen) atoms. The predicted molar refractivity (Wildman–Crippen MR) is 63.4 cm³/mol. The zero-order valence-corrected chi connectivity index (χ0v) is 10.5. The van der Waals surface area contributed by atoms with Crippen molar-refractivity contribution in [3.05, 3.63) is 0 Å². The fourth-order valence-corrected chi connectivity index (χ4v) is 1.56. The Morgan fingerprint density at radius 3 is 2.29 bits per heavy atom. The fraction of sp³-hybridized carbons (Fsp3) is 1.00. The summed E-state index contributed by atoms with van der Waals surface area (Å²) in [6.07, 6.45) is 7.39. The third kappa shape index (κ3) is 7.37. The number of aliphatic hydroxyl groups is 1. The van der Waals surface area contributed by atoms with Crippen molar-refractivity contribution >= 4 is 0 Å². The van der Waals surface area contributed by atoms with Crippen LogP contribution in [-0.2, 0) is 0 Å². The van der Waals surface area contributed by atoms with E-state index in [1.165, 1.54) is 32.1 Å².